The maximum Gasteiger partial charge on any atom is 0.129 e. The van der Waals surface area contributed by atoms with Gasteiger partial charge in [0, 0.05) is 18.3 Å². The third kappa shape index (κ3) is 3.19. The molecule has 100 valence electrons. The zero-order valence-electron chi connectivity index (χ0n) is 11.5. The van der Waals surface area contributed by atoms with Gasteiger partial charge in [0.25, 0.3) is 0 Å². The van der Waals surface area contributed by atoms with E-state index in [4.69, 9.17) is 0 Å². The lowest BCUT2D eigenvalue weighted by atomic mass is 9.88. The van der Waals surface area contributed by atoms with Crippen molar-refractivity contribution in [3.63, 3.8) is 0 Å². The molecule has 0 bridgehead atoms. The van der Waals surface area contributed by atoms with Crippen molar-refractivity contribution in [2.75, 3.05) is 26.0 Å². The van der Waals surface area contributed by atoms with Gasteiger partial charge in [-0.3, -0.25) is 0 Å². The first-order chi connectivity index (χ1) is 8.73. The van der Waals surface area contributed by atoms with Gasteiger partial charge in [0.05, 0.1) is 0 Å². The molecule has 1 aromatic rings. The Balaban J connectivity index is 2.01. The van der Waals surface area contributed by atoms with E-state index in [0.29, 0.717) is 0 Å². The van der Waals surface area contributed by atoms with Crippen LogP contribution in [0.2, 0.25) is 0 Å². The highest BCUT2D eigenvalue weighted by molar-refractivity contribution is 5.32. The number of rotatable bonds is 4. The standard InChI is InChI=1S/C14H24N4/c1-18(2)14(8-5-3-4-6-9-14)11-16-13-7-10-15-12-17-13/h7,10,12H,3-6,8-9,11H2,1-2H3,(H,15,16,17). The predicted molar refractivity (Wildman–Crippen MR) is 74.6 cm³/mol. The zero-order valence-corrected chi connectivity index (χ0v) is 11.5. The van der Waals surface area contributed by atoms with Crippen LogP contribution in [0.4, 0.5) is 5.82 Å². The Kier molecular flexibility index (Phi) is 4.53. The molecular weight excluding hydrogens is 224 g/mol. The van der Waals surface area contributed by atoms with Gasteiger partial charge in [-0.2, -0.15) is 0 Å². The van der Waals surface area contributed by atoms with E-state index in [-0.39, 0.29) is 5.54 Å². The SMILES string of the molecule is CN(C)C1(CNc2ccncn2)CCCCCC1. The molecule has 1 N–H and O–H groups in total. The summed E-state index contributed by atoms with van der Waals surface area (Å²) in [6.07, 6.45) is 11.4. The summed E-state index contributed by atoms with van der Waals surface area (Å²) < 4.78 is 0. The maximum atomic E-state index is 4.24. The van der Waals surface area contributed by atoms with Gasteiger partial charge in [0.1, 0.15) is 12.1 Å². The molecule has 1 aromatic heterocycles. The monoisotopic (exact) mass is 248 g/mol. The number of nitrogens with one attached hydrogen (secondary N) is 1. The van der Waals surface area contributed by atoms with Crippen molar-refractivity contribution >= 4 is 5.82 Å². The van der Waals surface area contributed by atoms with Crippen LogP contribution < -0.4 is 5.32 Å². The third-order valence-electron chi connectivity index (χ3n) is 4.16. The summed E-state index contributed by atoms with van der Waals surface area (Å²) in [6.45, 7) is 0.969. The second-order valence-corrected chi connectivity index (χ2v) is 5.48. The van der Waals surface area contributed by atoms with Crippen LogP contribution in [-0.2, 0) is 0 Å². The van der Waals surface area contributed by atoms with Gasteiger partial charge in [-0.1, -0.05) is 25.7 Å². The van der Waals surface area contributed by atoms with Gasteiger partial charge in [-0.15, -0.1) is 0 Å². The van der Waals surface area contributed by atoms with Crippen molar-refractivity contribution in [3.05, 3.63) is 18.6 Å². The summed E-state index contributed by atoms with van der Waals surface area (Å²) in [7, 11) is 4.40. The molecule has 1 fully saturated rings. The largest absolute Gasteiger partial charge is 0.368 e. The van der Waals surface area contributed by atoms with Crippen LogP contribution in [0, 0.1) is 0 Å². The van der Waals surface area contributed by atoms with Crippen LogP contribution in [0.1, 0.15) is 38.5 Å². The lowest BCUT2D eigenvalue weighted by Gasteiger charge is -2.39. The summed E-state index contributed by atoms with van der Waals surface area (Å²) >= 11 is 0. The molecular formula is C14H24N4. The molecule has 2 rings (SSSR count). The van der Waals surface area contributed by atoms with Crippen molar-refractivity contribution in [2.24, 2.45) is 0 Å². The van der Waals surface area contributed by atoms with Gasteiger partial charge in [-0.25, -0.2) is 9.97 Å². The molecule has 0 aliphatic heterocycles. The van der Waals surface area contributed by atoms with Crippen molar-refractivity contribution in [2.45, 2.75) is 44.1 Å². The van der Waals surface area contributed by atoms with Crippen molar-refractivity contribution < 1.29 is 0 Å². The maximum absolute atomic E-state index is 4.24. The fourth-order valence-corrected chi connectivity index (χ4v) is 2.82. The van der Waals surface area contributed by atoms with E-state index in [1.54, 1.807) is 12.5 Å². The first-order valence-electron chi connectivity index (χ1n) is 6.90. The Hall–Kier alpha value is -1.16. The zero-order chi connectivity index (χ0) is 12.8. The van der Waals surface area contributed by atoms with E-state index < -0.39 is 0 Å². The van der Waals surface area contributed by atoms with Crippen molar-refractivity contribution in [1.29, 1.82) is 0 Å². The number of aromatic nitrogens is 2. The lowest BCUT2D eigenvalue weighted by Crippen LogP contribution is -2.49. The van der Waals surface area contributed by atoms with E-state index in [1.165, 1.54) is 38.5 Å². The molecule has 0 aromatic carbocycles. The highest BCUT2D eigenvalue weighted by atomic mass is 15.2. The highest BCUT2D eigenvalue weighted by Gasteiger charge is 2.32. The molecule has 0 atom stereocenters. The van der Waals surface area contributed by atoms with E-state index >= 15 is 0 Å². The minimum atomic E-state index is 0.279. The van der Waals surface area contributed by atoms with E-state index in [2.05, 4.69) is 34.3 Å². The van der Waals surface area contributed by atoms with Crippen LogP contribution in [0.15, 0.2) is 18.6 Å². The first kappa shape index (κ1) is 13.3. The van der Waals surface area contributed by atoms with Gasteiger partial charge in [0.15, 0.2) is 0 Å². The Morgan fingerprint density at radius 3 is 2.50 bits per heavy atom. The second-order valence-electron chi connectivity index (χ2n) is 5.48. The molecule has 0 amide bonds. The molecule has 0 radical (unpaired) electrons. The normalized spacial score (nSPS) is 19.5. The number of nitrogens with zero attached hydrogens (tertiary/aromatic N) is 3. The minimum absolute atomic E-state index is 0.279. The Labute approximate surface area is 110 Å². The van der Waals surface area contributed by atoms with Crippen LogP contribution >= 0.6 is 0 Å². The van der Waals surface area contributed by atoms with Crippen LogP contribution in [0.25, 0.3) is 0 Å². The summed E-state index contributed by atoms with van der Waals surface area (Å²) in [5.74, 6) is 0.926. The molecule has 18 heavy (non-hydrogen) atoms. The highest BCUT2D eigenvalue weighted by Crippen LogP contribution is 2.31. The summed E-state index contributed by atoms with van der Waals surface area (Å²) in [5, 5.41) is 3.47. The van der Waals surface area contributed by atoms with Gasteiger partial charge >= 0.3 is 0 Å². The molecule has 4 nitrogen and oxygen atoms in total. The average molecular weight is 248 g/mol. The fraction of sp³-hybridized carbons (Fsp3) is 0.714. The second kappa shape index (κ2) is 6.14. The Morgan fingerprint density at radius 2 is 1.94 bits per heavy atom. The number of hydrogen-bond donors (Lipinski definition) is 1. The minimum Gasteiger partial charge on any atom is -0.368 e. The smallest absolute Gasteiger partial charge is 0.129 e. The molecule has 1 aliphatic carbocycles. The number of likely N-dealkylation sites (N-methyl/N-ethyl adjacent to an activating group) is 1. The topological polar surface area (TPSA) is 41.0 Å². The van der Waals surface area contributed by atoms with E-state index in [1.807, 2.05) is 6.07 Å². The van der Waals surface area contributed by atoms with Crippen molar-refractivity contribution in [3.8, 4) is 0 Å². The van der Waals surface area contributed by atoms with E-state index in [0.717, 1.165) is 12.4 Å². The van der Waals surface area contributed by atoms with Crippen LogP contribution in [0.5, 0.6) is 0 Å². The summed E-state index contributed by atoms with van der Waals surface area (Å²) in [4.78, 5) is 10.6. The Morgan fingerprint density at radius 1 is 1.22 bits per heavy atom. The first-order valence-corrected chi connectivity index (χ1v) is 6.90. The third-order valence-corrected chi connectivity index (χ3v) is 4.16. The molecule has 1 aliphatic rings. The number of anilines is 1. The molecule has 0 spiro atoms. The van der Waals surface area contributed by atoms with Gasteiger partial charge in [-0.05, 0) is 33.0 Å². The molecule has 1 saturated carbocycles. The van der Waals surface area contributed by atoms with Crippen molar-refractivity contribution in [1.82, 2.24) is 14.9 Å². The molecule has 4 heteroatoms. The molecule has 0 saturated heterocycles. The van der Waals surface area contributed by atoms with Crippen LogP contribution in [0.3, 0.4) is 0 Å². The fourth-order valence-electron chi connectivity index (χ4n) is 2.82. The molecule has 0 unspecified atom stereocenters. The van der Waals surface area contributed by atoms with Gasteiger partial charge < -0.3 is 10.2 Å². The Bertz CT molecular complexity index is 342. The number of hydrogen-bond acceptors (Lipinski definition) is 4. The van der Waals surface area contributed by atoms with Gasteiger partial charge in [0.2, 0.25) is 0 Å². The lowest BCUT2D eigenvalue weighted by molar-refractivity contribution is 0.143. The summed E-state index contributed by atoms with van der Waals surface area (Å²) in [6, 6.07) is 1.93. The predicted octanol–water partition coefficient (Wildman–Crippen LogP) is 2.54. The van der Waals surface area contributed by atoms with Crippen LogP contribution in [-0.4, -0.2) is 41.0 Å². The summed E-state index contributed by atoms with van der Waals surface area (Å²) in [5.41, 5.74) is 0.279. The average Bonchev–Trinajstić information content (AvgIpc) is 2.64. The molecule has 1 heterocycles. The quantitative estimate of drug-likeness (QED) is 0.831. The van der Waals surface area contributed by atoms with E-state index in [9.17, 15) is 0 Å².